The fourth-order valence-electron chi connectivity index (χ4n) is 2.00. The molecular formula is C15H18N4O3. The van der Waals surface area contributed by atoms with Gasteiger partial charge in [0.05, 0.1) is 0 Å². The minimum absolute atomic E-state index is 0.362. The molecule has 2 N–H and O–H groups in total. The second-order valence-corrected chi connectivity index (χ2v) is 4.88. The molecule has 0 bridgehead atoms. The van der Waals surface area contributed by atoms with E-state index in [0.717, 1.165) is 12.8 Å². The third-order valence-corrected chi connectivity index (χ3v) is 3.23. The average molecular weight is 302 g/mol. The number of carbonyl (C=O) groups excluding carboxylic acids is 1. The van der Waals surface area contributed by atoms with Crippen LogP contribution in [0.1, 0.15) is 36.5 Å². The molecule has 0 spiro atoms. The predicted octanol–water partition coefficient (Wildman–Crippen LogP) is 1.64. The van der Waals surface area contributed by atoms with Crippen LogP contribution in [0, 0.1) is 0 Å². The highest BCUT2D eigenvalue weighted by molar-refractivity contribution is 5.96. The highest BCUT2D eigenvalue weighted by Gasteiger charge is 2.20. The first kappa shape index (κ1) is 15.7. The minimum atomic E-state index is -1.02. The van der Waals surface area contributed by atoms with Crippen LogP contribution in [-0.2, 0) is 4.79 Å². The highest BCUT2D eigenvalue weighted by atomic mass is 16.4. The number of pyridine rings is 1. The van der Waals surface area contributed by atoms with Crippen molar-refractivity contribution >= 4 is 11.9 Å². The Balaban J connectivity index is 2.12. The molecule has 0 saturated heterocycles. The van der Waals surface area contributed by atoms with E-state index in [1.54, 1.807) is 35.4 Å². The van der Waals surface area contributed by atoms with Gasteiger partial charge in [-0.15, -0.1) is 0 Å². The molecule has 0 aliphatic rings. The minimum Gasteiger partial charge on any atom is -0.480 e. The van der Waals surface area contributed by atoms with Gasteiger partial charge in [-0.1, -0.05) is 19.8 Å². The van der Waals surface area contributed by atoms with Crippen LogP contribution in [0.2, 0.25) is 0 Å². The number of carboxylic acids is 1. The van der Waals surface area contributed by atoms with Crippen LogP contribution in [-0.4, -0.2) is 37.6 Å². The molecular weight excluding hydrogens is 284 g/mol. The Bertz CT molecular complexity index is 640. The molecule has 116 valence electrons. The molecule has 1 unspecified atom stereocenters. The maximum absolute atomic E-state index is 12.2. The van der Waals surface area contributed by atoms with Gasteiger partial charge in [0, 0.05) is 24.2 Å². The number of amides is 1. The maximum Gasteiger partial charge on any atom is 0.326 e. The van der Waals surface area contributed by atoms with Crippen LogP contribution in [0.5, 0.6) is 0 Å². The van der Waals surface area contributed by atoms with Crippen molar-refractivity contribution in [2.75, 3.05) is 0 Å². The molecule has 2 aromatic rings. The summed E-state index contributed by atoms with van der Waals surface area (Å²) in [5, 5.41) is 11.7. The van der Waals surface area contributed by atoms with E-state index < -0.39 is 17.9 Å². The molecule has 2 heterocycles. The normalized spacial score (nSPS) is 11.9. The summed E-state index contributed by atoms with van der Waals surface area (Å²) < 4.78 is 1.67. The number of aromatic nitrogens is 3. The Morgan fingerprint density at radius 2 is 2.23 bits per heavy atom. The molecule has 0 fully saturated rings. The molecule has 0 aliphatic heterocycles. The Morgan fingerprint density at radius 3 is 2.86 bits per heavy atom. The van der Waals surface area contributed by atoms with Crippen molar-refractivity contribution in [2.24, 2.45) is 0 Å². The second kappa shape index (κ2) is 7.35. The average Bonchev–Trinajstić information content (AvgIpc) is 3.05. The van der Waals surface area contributed by atoms with E-state index in [9.17, 15) is 9.59 Å². The van der Waals surface area contributed by atoms with Gasteiger partial charge in [-0.2, -0.15) is 0 Å². The fourth-order valence-corrected chi connectivity index (χ4v) is 2.00. The fraction of sp³-hybridized carbons (Fsp3) is 0.333. The number of aliphatic carboxylic acids is 1. The summed E-state index contributed by atoms with van der Waals surface area (Å²) >= 11 is 0. The van der Waals surface area contributed by atoms with Gasteiger partial charge in [-0.3, -0.25) is 9.36 Å². The van der Waals surface area contributed by atoms with Crippen LogP contribution in [0.15, 0.2) is 37.1 Å². The van der Waals surface area contributed by atoms with Crippen LogP contribution >= 0.6 is 0 Å². The lowest BCUT2D eigenvalue weighted by Gasteiger charge is -2.14. The van der Waals surface area contributed by atoms with E-state index in [0.29, 0.717) is 17.8 Å². The molecule has 0 saturated carbocycles. The van der Waals surface area contributed by atoms with E-state index in [1.807, 2.05) is 6.92 Å². The molecule has 1 atom stereocenters. The van der Waals surface area contributed by atoms with Crippen LogP contribution in [0.25, 0.3) is 5.82 Å². The molecule has 0 aromatic carbocycles. The van der Waals surface area contributed by atoms with Gasteiger partial charge in [-0.05, 0) is 18.6 Å². The number of carbonyl (C=O) groups is 2. The number of imidazole rings is 1. The number of hydrogen-bond donors (Lipinski definition) is 2. The van der Waals surface area contributed by atoms with Gasteiger partial charge in [0.2, 0.25) is 0 Å². The third-order valence-electron chi connectivity index (χ3n) is 3.23. The van der Waals surface area contributed by atoms with Crippen molar-refractivity contribution in [3.8, 4) is 5.82 Å². The monoisotopic (exact) mass is 302 g/mol. The van der Waals surface area contributed by atoms with E-state index in [4.69, 9.17) is 5.11 Å². The van der Waals surface area contributed by atoms with Gasteiger partial charge in [0.1, 0.15) is 18.2 Å². The first-order valence-electron chi connectivity index (χ1n) is 7.10. The summed E-state index contributed by atoms with van der Waals surface area (Å²) in [4.78, 5) is 31.5. The van der Waals surface area contributed by atoms with Gasteiger partial charge < -0.3 is 10.4 Å². The lowest BCUT2D eigenvalue weighted by Crippen LogP contribution is -2.40. The number of carboxylic acid groups (broad SMARTS) is 1. The summed E-state index contributed by atoms with van der Waals surface area (Å²) in [6.07, 6.45) is 8.44. The lowest BCUT2D eigenvalue weighted by atomic mass is 10.1. The molecule has 7 nitrogen and oxygen atoms in total. The molecule has 7 heteroatoms. The lowest BCUT2D eigenvalue weighted by molar-refractivity contribution is -0.139. The molecule has 2 aromatic heterocycles. The first-order valence-corrected chi connectivity index (χ1v) is 7.10. The van der Waals surface area contributed by atoms with Crippen molar-refractivity contribution in [1.82, 2.24) is 19.9 Å². The van der Waals surface area contributed by atoms with E-state index >= 15 is 0 Å². The first-order chi connectivity index (χ1) is 10.6. The van der Waals surface area contributed by atoms with Gasteiger partial charge in [0.25, 0.3) is 5.91 Å². The molecule has 2 rings (SSSR count). The quantitative estimate of drug-likeness (QED) is 0.810. The van der Waals surface area contributed by atoms with Crippen molar-refractivity contribution in [3.05, 3.63) is 42.6 Å². The van der Waals surface area contributed by atoms with Crippen molar-refractivity contribution in [2.45, 2.75) is 32.2 Å². The maximum atomic E-state index is 12.2. The van der Waals surface area contributed by atoms with Gasteiger partial charge >= 0.3 is 5.97 Å². The van der Waals surface area contributed by atoms with Crippen LogP contribution < -0.4 is 5.32 Å². The zero-order valence-electron chi connectivity index (χ0n) is 12.3. The number of nitrogens with one attached hydrogen (secondary N) is 1. The third kappa shape index (κ3) is 3.91. The molecule has 1 amide bonds. The van der Waals surface area contributed by atoms with E-state index in [-0.39, 0.29) is 0 Å². The van der Waals surface area contributed by atoms with Crippen LogP contribution in [0.4, 0.5) is 0 Å². The van der Waals surface area contributed by atoms with Gasteiger partial charge in [0.15, 0.2) is 0 Å². The van der Waals surface area contributed by atoms with Gasteiger partial charge in [-0.25, -0.2) is 14.8 Å². The van der Waals surface area contributed by atoms with E-state index in [1.165, 1.54) is 6.20 Å². The second-order valence-electron chi connectivity index (χ2n) is 4.88. The zero-order chi connectivity index (χ0) is 15.9. The SMILES string of the molecule is CCCCC(NC(=O)c1ccnc(-n2ccnc2)c1)C(=O)O. The van der Waals surface area contributed by atoms with Crippen LogP contribution in [0.3, 0.4) is 0 Å². The number of unbranched alkanes of at least 4 members (excludes halogenated alkanes) is 1. The smallest absolute Gasteiger partial charge is 0.326 e. The molecule has 0 aliphatic carbocycles. The Kier molecular flexibility index (Phi) is 5.24. The number of nitrogens with zero attached hydrogens (tertiary/aromatic N) is 3. The zero-order valence-corrected chi connectivity index (χ0v) is 12.3. The van der Waals surface area contributed by atoms with E-state index in [2.05, 4.69) is 15.3 Å². The predicted molar refractivity (Wildman–Crippen MR) is 79.8 cm³/mol. The summed E-state index contributed by atoms with van der Waals surface area (Å²) in [6.45, 7) is 1.97. The van der Waals surface area contributed by atoms with Crippen molar-refractivity contribution < 1.29 is 14.7 Å². The van der Waals surface area contributed by atoms with Crippen molar-refractivity contribution in [3.63, 3.8) is 0 Å². The number of hydrogen-bond acceptors (Lipinski definition) is 4. The Labute approximate surface area is 128 Å². The Hall–Kier alpha value is -2.70. The summed E-state index contributed by atoms with van der Waals surface area (Å²) in [5.41, 5.74) is 0.362. The largest absolute Gasteiger partial charge is 0.480 e. The Morgan fingerprint density at radius 1 is 1.41 bits per heavy atom. The standard InChI is InChI=1S/C15H18N4O3/c1-2-3-4-12(15(21)22)18-14(20)11-5-6-17-13(9-11)19-8-7-16-10-19/h5-10,12H,2-4H2,1H3,(H,18,20)(H,21,22). The summed E-state index contributed by atoms with van der Waals surface area (Å²) in [5.74, 6) is -0.899. The summed E-state index contributed by atoms with van der Waals surface area (Å²) in [7, 11) is 0. The summed E-state index contributed by atoms with van der Waals surface area (Å²) in [6, 6.07) is 2.27. The molecule has 0 radical (unpaired) electrons. The highest BCUT2D eigenvalue weighted by Crippen LogP contribution is 2.08. The molecule has 22 heavy (non-hydrogen) atoms. The topological polar surface area (TPSA) is 97.1 Å². The number of rotatable bonds is 7. The van der Waals surface area contributed by atoms with Crippen molar-refractivity contribution in [1.29, 1.82) is 0 Å².